The quantitative estimate of drug-likeness (QED) is 0.580. The summed E-state index contributed by atoms with van der Waals surface area (Å²) in [7, 11) is 0. The summed E-state index contributed by atoms with van der Waals surface area (Å²) in [6.07, 6.45) is -3.69. The van der Waals surface area contributed by atoms with Crippen LogP contribution < -0.4 is 5.73 Å². The van der Waals surface area contributed by atoms with Gasteiger partial charge in [-0.1, -0.05) is 0 Å². The first-order valence-electron chi connectivity index (χ1n) is 5.55. The molecule has 1 heterocycles. The smallest absolute Gasteiger partial charge is 0.372 e. The maximum atomic E-state index is 11.8. The monoisotopic (exact) mass is 268 g/mol. The molecule has 0 saturated carbocycles. The highest BCUT2D eigenvalue weighted by Crippen LogP contribution is 2.15. The fraction of sp³-hybridized carbons (Fsp3) is 0.800. The molecule has 0 spiro atoms. The second-order valence-electron chi connectivity index (χ2n) is 4.05. The van der Waals surface area contributed by atoms with Crippen LogP contribution in [0.4, 0.5) is 13.2 Å². The van der Waals surface area contributed by atoms with Crippen LogP contribution in [0.15, 0.2) is 0 Å². The Balaban J connectivity index is 2.25. The van der Waals surface area contributed by atoms with Crippen molar-refractivity contribution in [2.24, 2.45) is 5.73 Å². The summed E-state index contributed by atoms with van der Waals surface area (Å²) >= 11 is 0. The van der Waals surface area contributed by atoms with E-state index in [-0.39, 0.29) is 31.9 Å². The summed E-state index contributed by atoms with van der Waals surface area (Å²) < 4.78 is 39.6. The van der Waals surface area contributed by atoms with Crippen molar-refractivity contribution in [2.75, 3.05) is 19.8 Å². The molecule has 0 bridgehead atoms. The zero-order valence-electron chi connectivity index (χ0n) is 9.70. The highest BCUT2D eigenvalue weighted by molar-refractivity contribution is 6.00. The number of likely N-dealkylation sites (tertiary alicyclic amines) is 1. The van der Waals surface area contributed by atoms with Crippen LogP contribution in [0.5, 0.6) is 0 Å². The number of nitrogens with two attached hydrogens (primary N) is 1. The van der Waals surface area contributed by atoms with Crippen molar-refractivity contribution in [1.29, 1.82) is 0 Å². The van der Waals surface area contributed by atoms with Crippen LogP contribution >= 0.6 is 0 Å². The highest BCUT2D eigenvalue weighted by Gasteiger charge is 2.31. The zero-order valence-corrected chi connectivity index (χ0v) is 9.70. The number of halogens is 3. The maximum Gasteiger partial charge on any atom is 0.411 e. The number of carbonyl (C=O) groups excluding carboxylic acids is 2. The van der Waals surface area contributed by atoms with Crippen LogP contribution in [0, 0.1) is 0 Å². The summed E-state index contributed by atoms with van der Waals surface area (Å²) in [5.74, 6) is -0.806. The Labute approximate surface area is 102 Å². The molecule has 1 aliphatic rings. The van der Waals surface area contributed by atoms with E-state index in [4.69, 9.17) is 5.73 Å². The average molecular weight is 268 g/mol. The number of rotatable bonds is 5. The molecule has 1 rings (SSSR count). The summed E-state index contributed by atoms with van der Waals surface area (Å²) in [5.41, 5.74) is 5.49. The minimum atomic E-state index is -4.36. The van der Waals surface area contributed by atoms with Gasteiger partial charge in [0, 0.05) is 19.6 Å². The van der Waals surface area contributed by atoms with Crippen molar-refractivity contribution in [2.45, 2.75) is 31.5 Å². The maximum absolute atomic E-state index is 11.8. The van der Waals surface area contributed by atoms with Gasteiger partial charge in [-0.05, 0) is 12.8 Å². The third-order valence-electron chi connectivity index (χ3n) is 2.49. The van der Waals surface area contributed by atoms with Gasteiger partial charge in [0.2, 0.25) is 11.8 Å². The Morgan fingerprint density at radius 3 is 2.67 bits per heavy atom. The van der Waals surface area contributed by atoms with E-state index in [0.29, 0.717) is 6.42 Å². The number of ether oxygens (including phenoxy) is 1. The van der Waals surface area contributed by atoms with Crippen LogP contribution in [0.2, 0.25) is 0 Å². The molecule has 8 heteroatoms. The second-order valence-corrected chi connectivity index (χ2v) is 4.05. The Hall–Kier alpha value is -1.15. The summed E-state index contributed by atoms with van der Waals surface area (Å²) in [4.78, 5) is 23.9. The number of hydrogen-bond acceptors (Lipinski definition) is 4. The molecule has 0 radical (unpaired) electrons. The van der Waals surface area contributed by atoms with Crippen LogP contribution in [0.3, 0.4) is 0 Å². The van der Waals surface area contributed by atoms with Gasteiger partial charge in [-0.3, -0.25) is 14.5 Å². The molecular formula is C10H15F3N2O3. The van der Waals surface area contributed by atoms with Gasteiger partial charge in [-0.2, -0.15) is 13.2 Å². The van der Waals surface area contributed by atoms with Crippen molar-refractivity contribution < 1.29 is 27.5 Å². The highest BCUT2D eigenvalue weighted by atomic mass is 19.4. The predicted molar refractivity (Wildman–Crippen MR) is 55.4 cm³/mol. The molecule has 1 aliphatic heterocycles. The molecule has 2 N–H and O–H groups in total. The lowest BCUT2D eigenvalue weighted by Gasteiger charge is -2.28. The number of amides is 2. The molecule has 2 amide bonds. The lowest BCUT2D eigenvalue weighted by Crippen LogP contribution is -2.51. The van der Waals surface area contributed by atoms with Gasteiger partial charge >= 0.3 is 6.18 Å². The standard InChI is InChI=1S/C10H15F3N2O3/c11-10(12,13)6-18-5-1-4-15-8(16)3-2-7(14)9(15)17/h7H,1-6,14H2. The molecule has 5 nitrogen and oxygen atoms in total. The molecule has 104 valence electrons. The summed E-state index contributed by atoms with van der Waals surface area (Å²) in [5, 5.41) is 0. The number of piperidine rings is 1. The molecule has 0 aromatic rings. The van der Waals surface area contributed by atoms with Crippen LogP contribution in [0.25, 0.3) is 0 Å². The van der Waals surface area contributed by atoms with E-state index in [2.05, 4.69) is 4.74 Å². The number of alkyl halides is 3. The van der Waals surface area contributed by atoms with Gasteiger partial charge in [0.25, 0.3) is 0 Å². The summed E-state index contributed by atoms with van der Waals surface area (Å²) in [6.45, 7) is -1.44. The fourth-order valence-electron chi connectivity index (χ4n) is 1.61. The molecule has 1 atom stereocenters. The van der Waals surface area contributed by atoms with Gasteiger partial charge in [0.1, 0.15) is 6.61 Å². The van der Waals surface area contributed by atoms with E-state index >= 15 is 0 Å². The fourth-order valence-corrected chi connectivity index (χ4v) is 1.61. The van der Waals surface area contributed by atoms with Crippen molar-refractivity contribution in [3.8, 4) is 0 Å². The van der Waals surface area contributed by atoms with Crippen molar-refractivity contribution in [1.82, 2.24) is 4.90 Å². The summed E-state index contributed by atoms with van der Waals surface area (Å²) in [6, 6.07) is -0.696. The molecule has 1 unspecified atom stereocenters. The third-order valence-corrected chi connectivity index (χ3v) is 2.49. The largest absolute Gasteiger partial charge is 0.411 e. The molecule has 0 aliphatic carbocycles. The molecular weight excluding hydrogens is 253 g/mol. The van der Waals surface area contributed by atoms with E-state index in [0.717, 1.165) is 4.90 Å². The molecule has 18 heavy (non-hydrogen) atoms. The minimum absolute atomic E-state index is 0.0449. The number of carbonyl (C=O) groups is 2. The lowest BCUT2D eigenvalue weighted by atomic mass is 10.1. The first-order chi connectivity index (χ1) is 8.31. The van der Waals surface area contributed by atoms with E-state index in [9.17, 15) is 22.8 Å². The number of nitrogens with zero attached hydrogens (tertiary/aromatic N) is 1. The minimum Gasteiger partial charge on any atom is -0.372 e. The molecule has 1 fully saturated rings. The van der Waals surface area contributed by atoms with Crippen molar-refractivity contribution in [3.63, 3.8) is 0 Å². The number of hydrogen-bond donors (Lipinski definition) is 1. The first-order valence-corrected chi connectivity index (χ1v) is 5.55. The Morgan fingerprint density at radius 2 is 2.06 bits per heavy atom. The normalized spacial score (nSPS) is 21.6. The van der Waals surface area contributed by atoms with E-state index in [1.54, 1.807) is 0 Å². The Kier molecular flexibility index (Phi) is 5.09. The molecule has 1 saturated heterocycles. The van der Waals surface area contributed by atoms with Crippen LogP contribution in [0.1, 0.15) is 19.3 Å². The van der Waals surface area contributed by atoms with E-state index in [1.165, 1.54) is 0 Å². The first kappa shape index (κ1) is 14.9. The van der Waals surface area contributed by atoms with Crippen LogP contribution in [-0.4, -0.2) is 48.7 Å². The van der Waals surface area contributed by atoms with Gasteiger partial charge in [-0.15, -0.1) is 0 Å². The van der Waals surface area contributed by atoms with Gasteiger partial charge < -0.3 is 10.5 Å². The Morgan fingerprint density at radius 1 is 1.39 bits per heavy atom. The third kappa shape index (κ3) is 4.61. The van der Waals surface area contributed by atoms with Crippen molar-refractivity contribution in [3.05, 3.63) is 0 Å². The van der Waals surface area contributed by atoms with Gasteiger partial charge in [-0.25, -0.2) is 0 Å². The van der Waals surface area contributed by atoms with Crippen LogP contribution in [-0.2, 0) is 14.3 Å². The SMILES string of the molecule is NC1CCC(=O)N(CCCOCC(F)(F)F)C1=O. The average Bonchev–Trinajstić information content (AvgIpc) is 2.26. The lowest BCUT2D eigenvalue weighted by molar-refractivity contribution is -0.174. The van der Waals surface area contributed by atoms with E-state index < -0.39 is 24.7 Å². The molecule has 0 aromatic heterocycles. The Bertz CT molecular complexity index is 320. The topological polar surface area (TPSA) is 72.6 Å². The zero-order chi connectivity index (χ0) is 13.8. The predicted octanol–water partition coefficient (Wildman–Crippen LogP) is 0.432. The van der Waals surface area contributed by atoms with E-state index in [1.807, 2.05) is 0 Å². The van der Waals surface area contributed by atoms with Gasteiger partial charge in [0.05, 0.1) is 6.04 Å². The van der Waals surface area contributed by atoms with Gasteiger partial charge in [0.15, 0.2) is 0 Å². The second kappa shape index (κ2) is 6.14. The van der Waals surface area contributed by atoms with Crippen molar-refractivity contribution >= 4 is 11.8 Å². The molecule has 0 aromatic carbocycles. The number of imide groups is 1.